The Bertz CT molecular complexity index is 1270. The van der Waals surface area contributed by atoms with Crippen LogP contribution in [-0.4, -0.2) is 30.8 Å². The number of non-ortho nitro benzene ring substituents is 1. The molecule has 33 heavy (non-hydrogen) atoms. The smallest absolute Gasteiger partial charge is 0.269 e. The largest absolute Gasteiger partial charge is 0.325 e. The van der Waals surface area contributed by atoms with Crippen LogP contribution in [0.5, 0.6) is 0 Å². The lowest BCUT2D eigenvalue weighted by atomic mass is 10.1. The number of hydrogen-bond acceptors (Lipinski definition) is 6. The molecule has 0 unspecified atom stereocenters. The van der Waals surface area contributed by atoms with E-state index in [1.807, 2.05) is 66.1 Å². The molecule has 4 rings (SSSR count). The molecule has 0 saturated carbocycles. The number of carbonyl (C=O) groups is 1. The van der Waals surface area contributed by atoms with Crippen molar-refractivity contribution in [3.8, 4) is 17.1 Å². The number of benzene rings is 3. The van der Waals surface area contributed by atoms with Crippen LogP contribution in [0.4, 0.5) is 11.4 Å². The number of aryl methyl sites for hydroxylation is 1. The second-order valence-corrected chi connectivity index (χ2v) is 8.70. The monoisotopic (exact) mass is 459 g/mol. The first kappa shape index (κ1) is 22.2. The van der Waals surface area contributed by atoms with E-state index >= 15 is 0 Å². The highest BCUT2D eigenvalue weighted by Gasteiger charge is 2.22. The molecule has 4 aromatic rings. The van der Waals surface area contributed by atoms with Gasteiger partial charge in [-0.1, -0.05) is 59.8 Å². The Morgan fingerprint density at radius 2 is 1.67 bits per heavy atom. The number of nitro benzene ring substituents is 1. The van der Waals surface area contributed by atoms with Gasteiger partial charge in [0.1, 0.15) is 0 Å². The summed E-state index contributed by atoms with van der Waals surface area (Å²) in [6.07, 6.45) is 0. The zero-order valence-electron chi connectivity index (χ0n) is 18.0. The standard InChI is InChI=1S/C24H21N5O3S/c1-16-8-10-18(11-9-16)22-26-27-24(28(22)20-6-4-3-5-7-20)33-17(2)23(30)25-19-12-14-21(15-13-19)29(31)32/h3-15,17H,1-2H3,(H,25,30)/t17-/m0/s1. The highest BCUT2D eigenvalue weighted by molar-refractivity contribution is 8.00. The Morgan fingerprint density at radius 3 is 2.30 bits per heavy atom. The highest BCUT2D eigenvalue weighted by Crippen LogP contribution is 2.30. The van der Waals surface area contributed by atoms with Crippen molar-refractivity contribution in [1.29, 1.82) is 0 Å². The Kier molecular flexibility index (Phi) is 6.50. The van der Waals surface area contributed by atoms with Crippen molar-refractivity contribution < 1.29 is 9.72 Å². The summed E-state index contributed by atoms with van der Waals surface area (Å²) in [5.41, 5.74) is 3.42. The zero-order chi connectivity index (χ0) is 23.4. The van der Waals surface area contributed by atoms with Gasteiger partial charge in [0.15, 0.2) is 11.0 Å². The van der Waals surface area contributed by atoms with Gasteiger partial charge in [-0.3, -0.25) is 19.5 Å². The van der Waals surface area contributed by atoms with Crippen LogP contribution in [0, 0.1) is 17.0 Å². The summed E-state index contributed by atoms with van der Waals surface area (Å²) in [5, 5.41) is 22.5. The third-order valence-corrected chi connectivity index (χ3v) is 6.00. The molecule has 0 fully saturated rings. The first-order chi connectivity index (χ1) is 15.9. The Hall–Kier alpha value is -3.98. The normalized spacial score (nSPS) is 11.7. The number of amides is 1. The Labute approximate surface area is 194 Å². The second kappa shape index (κ2) is 9.66. The van der Waals surface area contributed by atoms with Crippen LogP contribution in [0.15, 0.2) is 84.0 Å². The molecule has 1 aromatic heterocycles. The van der Waals surface area contributed by atoms with Crippen molar-refractivity contribution in [2.75, 3.05) is 5.32 Å². The number of hydrogen-bond donors (Lipinski definition) is 1. The lowest BCUT2D eigenvalue weighted by Crippen LogP contribution is -2.22. The van der Waals surface area contributed by atoms with Crippen molar-refractivity contribution in [2.24, 2.45) is 0 Å². The summed E-state index contributed by atoms with van der Waals surface area (Å²) in [4.78, 5) is 23.1. The van der Waals surface area contributed by atoms with E-state index in [2.05, 4.69) is 15.5 Å². The predicted octanol–water partition coefficient (Wildman–Crippen LogP) is 5.27. The third-order valence-electron chi connectivity index (χ3n) is 4.95. The maximum absolute atomic E-state index is 12.8. The molecule has 0 aliphatic rings. The summed E-state index contributed by atoms with van der Waals surface area (Å²) < 4.78 is 1.94. The fraction of sp³-hybridized carbons (Fsp3) is 0.125. The molecule has 9 heteroatoms. The van der Waals surface area contributed by atoms with Crippen LogP contribution in [0.25, 0.3) is 17.1 Å². The van der Waals surface area contributed by atoms with E-state index in [1.54, 1.807) is 6.92 Å². The van der Waals surface area contributed by atoms with E-state index in [9.17, 15) is 14.9 Å². The molecular formula is C24H21N5O3S. The number of thioether (sulfide) groups is 1. The molecule has 0 radical (unpaired) electrons. The van der Waals surface area contributed by atoms with E-state index in [-0.39, 0.29) is 11.6 Å². The van der Waals surface area contributed by atoms with Gasteiger partial charge >= 0.3 is 0 Å². The quantitative estimate of drug-likeness (QED) is 0.229. The highest BCUT2D eigenvalue weighted by atomic mass is 32.2. The molecule has 1 atom stereocenters. The van der Waals surface area contributed by atoms with Gasteiger partial charge in [0.2, 0.25) is 5.91 Å². The molecular weight excluding hydrogens is 438 g/mol. The molecule has 0 saturated heterocycles. The minimum absolute atomic E-state index is 0.0324. The van der Waals surface area contributed by atoms with E-state index < -0.39 is 10.2 Å². The molecule has 3 aromatic carbocycles. The van der Waals surface area contributed by atoms with Crippen LogP contribution in [0.2, 0.25) is 0 Å². The third kappa shape index (κ3) is 5.09. The number of para-hydroxylation sites is 1. The minimum atomic E-state index is -0.488. The molecule has 0 aliphatic heterocycles. The van der Waals surface area contributed by atoms with Crippen LogP contribution in [0.1, 0.15) is 12.5 Å². The summed E-state index contributed by atoms with van der Waals surface area (Å²) >= 11 is 1.29. The molecule has 1 amide bonds. The van der Waals surface area contributed by atoms with E-state index in [1.165, 1.54) is 36.0 Å². The second-order valence-electron chi connectivity index (χ2n) is 7.40. The average Bonchev–Trinajstić information content (AvgIpc) is 3.23. The van der Waals surface area contributed by atoms with Gasteiger partial charge < -0.3 is 5.32 Å². The van der Waals surface area contributed by atoms with Crippen LogP contribution in [0.3, 0.4) is 0 Å². The summed E-state index contributed by atoms with van der Waals surface area (Å²) in [6.45, 7) is 3.80. The lowest BCUT2D eigenvalue weighted by molar-refractivity contribution is -0.384. The SMILES string of the molecule is Cc1ccc(-c2nnc(S[C@@H](C)C(=O)Nc3ccc([N+](=O)[O-])cc3)n2-c2ccccc2)cc1. The van der Waals surface area contributed by atoms with Gasteiger partial charge in [-0.25, -0.2) is 0 Å². The van der Waals surface area contributed by atoms with E-state index in [0.717, 1.165) is 16.8 Å². The van der Waals surface area contributed by atoms with Crippen molar-refractivity contribution in [3.05, 3.63) is 94.5 Å². The number of aromatic nitrogens is 3. The number of anilines is 1. The van der Waals surface area contributed by atoms with Crippen molar-refractivity contribution in [2.45, 2.75) is 24.3 Å². The average molecular weight is 460 g/mol. The minimum Gasteiger partial charge on any atom is -0.325 e. The maximum Gasteiger partial charge on any atom is 0.269 e. The van der Waals surface area contributed by atoms with Gasteiger partial charge in [0.05, 0.1) is 10.2 Å². The number of nitrogens with zero attached hydrogens (tertiary/aromatic N) is 4. The Balaban J connectivity index is 1.58. The fourth-order valence-corrected chi connectivity index (χ4v) is 4.04. The predicted molar refractivity (Wildman–Crippen MR) is 129 cm³/mol. The van der Waals surface area contributed by atoms with Gasteiger partial charge in [0, 0.05) is 29.1 Å². The van der Waals surface area contributed by atoms with Crippen molar-refractivity contribution in [3.63, 3.8) is 0 Å². The molecule has 0 bridgehead atoms. The van der Waals surface area contributed by atoms with Gasteiger partial charge in [-0.15, -0.1) is 10.2 Å². The lowest BCUT2D eigenvalue weighted by Gasteiger charge is -2.14. The number of nitro groups is 1. The Morgan fingerprint density at radius 1 is 1.00 bits per heavy atom. The number of carbonyl (C=O) groups excluding carboxylic acids is 1. The van der Waals surface area contributed by atoms with Gasteiger partial charge in [-0.05, 0) is 38.1 Å². The summed E-state index contributed by atoms with van der Waals surface area (Å²) in [5.74, 6) is 0.444. The number of rotatable bonds is 7. The van der Waals surface area contributed by atoms with Crippen LogP contribution < -0.4 is 5.32 Å². The van der Waals surface area contributed by atoms with Crippen LogP contribution >= 0.6 is 11.8 Å². The zero-order valence-corrected chi connectivity index (χ0v) is 18.8. The number of nitrogens with one attached hydrogen (secondary N) is 1. The molecule has 1 heterocycles. The molecule has 0 aliphatic carbocycles. The molecule has 0 spiro atoms. The topological polar surface area (TPSA) is 103 Å². The first-order valence-electron chi connectivity index (χ1n) is 10.2. The van der Waals surface area contributed by atoms with Crippen molar-refractivity contribution in [1.82, 2.24) is 14.8 Å². The molecule has 1 N–H and O–H groups in total. The van der Waals surface area contributed by atoms with E-state index in [4.69, 9.17) is 0 Å². The first-order valence-corrected chi connectivity index (χ1v) is 11.1. The van der Waals surface area contributed by atoms with Crippen LogP contribution in [-0.2, 0) is 4.79 Å². The molecule has 8 nitrogen and oxygen atoms in total. The van der Waals surface area contributed by atoms with Gasteiger partial charge in [-0.2, -0.15) is 0 Å². The van der Waals surface area contributed by atoms with Crippen molar-refractivity contribution >= 4 is 29.0 Å². The summed E-state index contributed by atoms with van der Waals surface area (Å²) in [6, 6.07) is 23.5. The molecule has 166 valence electrons. The fourth-order valence-electron chi connectivity index (χ4n) is 3.17. The van der Waals surface area contributed by atoms with Gasteiger partial charge in [0.25, 0.3) is 5.69 Å². The summed E-state index contributed by atoms with van der Waals surface area (Å²) in [7, 11) is 0. The maximum atomic E-state index is 12.8. The van der Waals surface area contributed by atoms with E-state index in [0.29, 0.717) is 16.7 Å².